The molecule has 1 saturated carbocycles. The molecule has 1 aromatic carbocycles. The first-order chi connectivity index (χ1) is 17.3. The number of nitrogens with two attached hydrogens (primary N) is 1. The Balaban J connectivity index is 1.39. The minimum atomic E-state index is -3.01. The summed E-state index contributed by atoms with van der Waals surface area (Å²) in [6.45, 7) is -3.01. The Morgan fingerprint density at radius 1 is 1.17 bits per heavy atom. The average molecular weight is 489 g/mol. The van der Waals surface area contributed by atoms with Crippen LogP contribution in [0.1, 0.15) is 64.2 Å². The van der Waals surface area contributed by atoms with E-state index in [4.69, 9.17) is 20.6 Å². The van der Waals surface area contributed by atoms with E-state index in [0.717, 1.165) is 24.0 Å². The van der Waals surface area contributed by atoms with Crippen molar-refractivity contribution in [2.45, 2.75) is 43.4 Å². The molecule has 2 N–H and O–H groups in total. The van der Waals surface area contributed by atoms with Crippen LogP contribution in [0.25, 0.3) is 16.9 Å². The fourth-order valence-corrected chi connectivity index (χ4v) is 5.46. The van der Waals surface area contributed by atoms with Crippen molar-refractivity contribution in [3.63, 3.8) is 0 Å². The number of alkyl halides is 2. The number of carbonyl (C=O) groups is 1. The molecular formula is C25H21F2N7O2. The Hall–Kier alpha value is -3.99. The maximum Gasteiger partial charge on any atom is 0.387 e. The average Bonchev–Trinajstić information content (AvgIpc) is 3.40. The lowest BCUT2D eigenvalue weighted by atomic mass is 9.89. The van der Waals surface area contributed by atoms with Crippen molar-refractivity contribution < 1.29 is 18.3 Å². The number of ether oxygens (including phenoxy) is 1. The topological polar surface area (TPSA) is 112 Å². The highest BCUT2D eigenvalue weighted by Gasteiger charge is 2.46. The molecule has 9 nitrogen and oxygen atoms in total. The van der Waals surface area contributed by atoms with E-state index in [2.05, 4.69) is 9.97 Å². The van der Waals surface area contributed by atoms with Crippen LogP contribution in [-0.2, 0) is 5.54 Å². The number of halogens is 2. The van der Waals surface area contributed by atoms with Gasteiger partial charge in [0.15, 0.2) is 5.65 Å². The molecule has 7 rings (SSSR count). The smallest absolute Gasteiger partial charge is 0.387 e. The van der Waals surface area contributed by atoms with Gasteiger partial charge in [0.05, 0.1) is 23.0 Å². The number of aromatic nitrogens is 5. The second-order valence-electron chi connectivity index (χ2n) is 9.65. The molecule has 0 unspecified atom stereocenters. The molecule has 2 bridgehead atoms. The van der Waals surface area contributed by atoms with Gasteiger partial charge in [0.2, 0.25) is 0 Å². The van der Waals surface area contributed by atoms with E-state index in [9.17, 15) is 13.6 Å². The second-order valence-corrected chi connectivity index (χ2v) is 9.65. The van der Waals surface area contributed by atoms with Crippen LogP contribution < -0.4 is 10.5 Å². The number of benzene rings is 1. The van der Waals surface area contributed by atoms with Crippen LogP contribution in [0.3, 0.4) is 0 Å². The number of rotatable bonds is 4. The molecule has 0 saturated heterocycles. The van der Waals surface area contributed by atoms with Crippen LogP contribution in [0.15, 0.2) is 42.9 Å². The molecule has 3 aliphatic rings. The van der Waals surface area contributed by atoms with Crippen molar-refractivity contribution in [1.29, 1.82) is 0 Å². The Kier molecular flexibility index (Phi) is 4.30. The zero-order valence-electron chi connectivity index (χ0n) is 19.2. The summed E-state index contributed by atoms with van der Waals surface area (Å²) in [5, 5.41) is 4.74. The second kappa shape index (κ2) is 7.26. The number of carbonyl (C=O) groups excluding carboxylic acids is 1. The highest BCUT2D eigenvalue weighted by Crippen LogP contribution is 2.53. The molecular weight excluding hydrogens is 468 g/mol. The zero-order chi connectivity index (χ0) is 24.8. The van der Waals surface area contributed by atoms with Gasteiger partial charge in [-0.05, 0) is 37.5 Å². The third-order valence-corrected chi connectivity index (χ3v) is 7.50. The highest BCUT2D eigenvalue weighted by molar-refractivity contribution is 5.98. The number of amides is 1. The van der Waals surface area contributed by atoms with Crippen molar-refractivity contribution in [1.82, 2.24) is 29.5 Å². The SMILES string of the molecule is CN1C(=O)c2cccc(OC(F)F)c2[C@H]2C[C@@H]1c1nn3ccc(-c4cnc(C5(N)CC5)nc4)nc3c12. The highest BCUT2D eigenvalue weighted by atomic mass is 19.3. The van der Waals surface area contributed by atoms with Crippen LogP contribution >= 0.6 is 0 Å². The van der Waals surface area contributed by atoms with E-state index in [1.54, 1.807) is 47.2 Å². The molecule has 0 radical (unpaired) electrons. The molecule has 1 aliphatic heterocycles. The van der Waals surface area contributed by atoms with Crippen molar-refractivity contribution in [3.05, 3.63) is 71.1 Å². The van der Waals surface area contributed by atoms with Crippen LogP contribution in [0, 0.1) is 0 Å². The van der Waals surface area contributed by atoms with Gasteiger partial charge in [-0.3, -0.25) is 4.79 Å². The van der Waals surface area contributed by atoms with Crippen molar-refractivity contribution in [2.24, 2.45) is 5.73 Å². The lowest BCUT2D eigenvalue weighted by Crippen LogP contribution is -2.30. The third-order valence-electron chi connectivity index (χ3n) is 7.50. The summed E-state index contributed by atoms with van der Waals surface area (Å²) in [6.07, 6.45) is 7.48. The van der Waals surface area contributed by atoms with E-state index >= 15 is 0 Å². The van der Waals surface area contributed by atoms with Crippen molar-refractivity contribution in [3.8, 4) is 17.0 Å². The van der Waals surface area contributed by atoms with E-state index in [1.807, 2.05) is 6.07 Å². The lowest BCUT2D eigenvalue weighted by molar-refractivity contribution is -0.0505. The summed E-state index contributed by atoms with van der Waals surface area (Å²) >= 11 is 0. The Morgan fingerprint density at radius 3 is 2.67 bits per heavy atom. The first-order valence-corrected chi connectivity index (χ1v) is 11.7. The lowest BCUT2D eigenvalue weighted by Gasteiger charge is -2.23. The fourth-order valence-electron chi connectivity index (χ4n) is 5.46. The number of hydrogen-bond acceptors (Lipinski definition) is 7. The van der Waals surface area contributed by atoms with E-state index in [-0.39, 0.29) is 23.6 Å². The van der Waals surface area contributed by atoms with E-state index < -0.39 is 12.2 Å². The van der Waals surface area contributed by atoms with E-state index in [0.29, 0.717) is 40.4 Å². The molecule has 0 spiro atoms. The van der Waals surface area contributed by atoms with Crippen LogP contribution in [0.5, 0.6) is 5.75 Å². The first kappa shape index (κ1) is 21.3. The third kappa shape index (κ3) is 2.98. The molecule has 3 aromatic heterocycles. The Bertz CT molecular complexity index is 1550. The number of fused-ring (bicyclic) bond motifs is 9. The summed E-state index contributed by atoms with van der Waals surface area (Å²) in [5.74, 6) is -0.00892. The largest absolute Gasteiger partial charge is 0.434 e. The van der Waals surface area contributed by atoms with Gasteiger partial charge in [-0.2, -0.15) is 13.9 Å². The monoisotopic (exact) mass is 489 g/mol. The molecule has 1 amide bonds. The molecule has 36 heavy (non-hydrogen) atoms. The van der Waals surface area contributed by atoms with Crippen LogP contribution in [0.4, 0.5) is 8.78 Å². The maximum atomic E-state index is 13.3. The predicted octanol–water partition coefficient (Wildman–Crippen LogP) is 3.40. The summed E-state index contributed by atoms with van der Waals surface area (Å²) in [6, 6.07) is 6.20. The van der Waals surface area contributed by atoms with Crippen molar-refractivity contribution >= 4 is 11.6 Å². The zero-order valence-corrected chi connectivity index (χ0v) is 19.2. The van der Waals surface area contributed by atoms with Gasteiger partial charge in [0.25, 0.3) is 5.91 Å². The van der Waals surface area contributed by atoms with Gasteiger partial charge >= 0.3 is 6.61 Å². The first-order valence-electron chi connectivity index (χ1n) is 11.7. The summed E-state index contributed by atoms with van der Waals surface area (Å²) in [4.78, 5) is 28.6. The molecule has 2 aliphatic carbocycles. The Labute approximate surface area is 203 Å². The van der Waals surface area contributed by atoms with E-state index in [1.165, 1.54) is 6.07 Å². The maximum absolute atomic E-state index is 13.3. The normalized spacial score (nSPS) is 21.5. The van der Waals surface area contributed by atoms with Gasteiger partial charge in [-0.25, -0.2) is 19.5 Å². The minimum absolute atomic E-state index is 0.00182. The molecule has 1 fully saturated rings. The van der Waals surface area contributed by atoms with Gasteiger partial charge in [0, 0.05) is 53.8 Å². The molecule has 2 atom stereocenters. The predicted molar refractivity (Wildman–Crippen MR) is 123 cm³/mol. The molecule has 11 heteroatoms. The summed E-state index contributed by atoms with van der Waals surface area (Å²) in [7, 11) is 1.71. The van der Waals surface area contributed by atoms with Gasteiger partial charge in [-0.1, -0.05) is 6.07 Å². The van der Waals surface area contributed by atoms with Crippen LogP contribution in [0.2, 0.25) is 0 Å². The van der Waals surface area contributed by atoms with Crippen molar-refractivity contribution in [2.75, 3.05) is 7.05 Å². The minimum Gasteiger partial charge on any atom is -0.434 e. The van der Waals surface area contributed by atoms with Gasteiger partial charge in [0.1, 0.15) is 11.6 Å². The van der Waals surface area contributed by atoms with Crippen LogP contribution in [-0.4, -0.2) is 49.0 Å². The quantitative estimate of drug-likeness (QED) is 0.468. The van der Waals surface area contributed by atoms with Gasteiger partial charge < -0.3 is 15.4 Å². The molecule has 4 heterocycles. The fraction of sp³-hybridized carbons (Fsp3) is 0.320. The number of nitrogens with zero attached hydrogens (tertiary/aromatic N) is 6. The Morgan fingerprint density at radius 2 is 1.94 bits per heavy atom. The molecule has 182 valence electrons. The summed E-state index contributed by atoms with van der Waals surface area (Å²) < 4.78 is 33.1. The van der Waals surface area contributed by atoms with Gasteiger partial charge in [-0.15, -0.1) is 0 Å². The standard InChI is InChI=1S/C25H21F2N7O2/c1-33-16-9-14(18-13(22(33)35)3-2-4-17(18)36-24(26)27)19-20(16)32-34-8-5-15(31-21(19)34)12-10-29-23(30-11-12)25(28)6-7-25/h2-5,8,10-11,14,16,24H,6-7,9,28H2,1H3/t14-,16-/m1/s1. The number of hydrogen-bond donors (Lipinski definition) is 1. The summed E-state index contributed by atoms with van der Waals surface area (Å²) in [5.41, 5.74) is 10.1. The molecule has 4 aromatic rings.